The predicted octanol–water partition coefficient (Wildman–Crippen LogP) is 6.35. The van der Waals surface area contributed by atoms with Crippen LogP contribution >= 0.6 is 0 Å². The van der Waals surface area contributed by atoms with E-state index in [1.807, 2.05) is 6.20 Å². The first-order chi connectivity index (χ1) is 11.5. The van der Waals surface area contributed by atoms with Crippen molar-refractivity contribution in [3.63, 3.8) is 0 Å². The van der Waals surface area contributed by atoms with Gasteiger partial charge in [-0.3, -0.25) is 4.98 Å². The zero-order valence-electron chi connectivity index (χ0n) is 14.4. The van der Waals surface area contributed by atoms with Crippen LogP contribution in [0.5, 0.6) is 0 Å². The fourth-order valence-corrected chi connectivity index (χ4v) is 3.22. The quantitative estimate of drug-likeness (QED) is 0.373. The second-order valence-corrected chi connectivity index (χ2v) is 7.40. The Kier molecular flexibility index (Phi) is 3.38. The fraction of sp³-hybridized carbons (Fsp3) is 0.174. The van der Waals surface area contributed by atoms with Crippen molar-refractivity contribution >= 4 is 21.5 Å². The lowest BCUT2D eigenvalue weighted by atomic mass is 9.87. The molecule has 0 fully saturated rings. The zero-order chi connectivity index (χ0) is 16.7. The summed E-state index contributed by atoms with van der Waals surface area (Å²) in [6.07, 6.45) is 1.92. The van der Waals surface area contributed by atoms with E-state index in [1.165, 1.54) is 32.7 Å². The summed E-state index contributed by atoms with van der Waals surface area (Å²) in [6.45, 7) is 6.71. The molecule has 0 saturated carbocycles. The maximum absolute atomic E-state index is 4.61. The van der Waals surface area contributed by atoms with Gasteiger partial charge in [-0.25, -0.2) is 0 Å². The lowest BCUT2D eigenvalue weighted by Gasteiger charge is -2.19. The Bertz CT molecular complexity index is 1040. The zero-order valence-corrected chi connectivity index (χ0v) is 14.4. The molecule has 0 bridgehead atoms. The molecule has 4 rings (SSSR count). The van der Waals surface area contributed by atoms with Gasteiger partial charge < -0.3 is 0 Å². The summed E-state index contributed by atoms with van der Waals surface area (Å²) in [4.78, 5) is 4.61. The van der Waals surface area contributed by atoms with Crippen molar-refractivity contribution in [2.45, 2.75) is 26.2 Å². The highest BCUT2D eigenvalue weighted by atomic mass is 14.7. The summed E-state index contributed by atoms with van der Waals surface area (Å²) >= 11 is 0. The van der Waals surface area contributed by atoms with E-state index in [1.54, 1.807) is 0 Å². The van der Waals surface area contributed by atoms with Crippen LogP contribution in [0.1, 0.15) is 26.3 Å². The van der Waals surface area contributed by atoms with E-state index < -0.39 is 0 Å². The van der Waals surface area contributed by atoms with Gasteiger partial charge in [-0.15, -0.1) is 0 Å². The first kappa shape index (κ1) is 14.9. The molecule has 0 aliphatic heterocycles. The van der Waals surface area contributed by atoms with E-state index in [0.717, 1.165) is 5.69 Å². The van der Waals surface area contributed by atoms with Gasteiger partial charge in [0.15, 0.2) is 0 Å². The molecule has 0 unspecified atom stereocenters. The molecule has 1 heterocycles. The van der Waals surface area contributed by atoms with Gasteiger partial charge in [0.05, 0.1) is 5.69 Å². The molecule has 0 saturated heterocycles. The van der Waals surface area contributed by atoms with Gasteiger partial charge in [-0.05, 0) is 50.7 Å². The number of hydrogen-bond acceptors (Lipinski definition) is 1. The van der Waals surface area contributed by atoms with Crippen LogP contribution in [0.2, 0.25) is 0 Å². The lowest BCUT2D eigenvalue weighted by molar-refractivity contribution is 0.589. The van der Waals surface area contributed by atoms with Gasteiger partial charge in [-0.1, -0.05) is 69.3 Å². The molecule has 0 atom stereocenters. The van der Waals surface area contributed by atoms with Crippen LogP contribution in [-0.4, -0.2) is 4.98 Å². The van der Waals surface area contributed by atoms with Crippen LogP contribution in [0.15, 0.2) is 72.9 Å². The summed E-state index contributed by atoms with van der Waals surface area (Å²) in [5, 5.41) is 5.13. The number of pyridine rings is 1. The molecule has 3 aromatic carbocycles. The van der Waals surface area contributed by atoms with E-state index in [0.29, 0.717) is 0 Å². The number of hydrogen-bond donors (Lipinski definition) is 0. The number of fused-ring (bicyclic) bond motifs is 3. The van der Waals surface area contributed by atoms with E-state index in [2.05, 4.69) is 92.5 Å². The van der Waals surface area contributed by atoms with Crippen molar-refractivity contribution in [3.05, 3.63) is 78.5 Å². The maximum Gasteiger partial charge on any atom is 0.0705 e. The van der Waals surface area contributed by atoms with Gasteiger partial charge in [0.2, 0.25) is 0 Å². The molecular formula is C23H21N. The minimum absolute atomic E-state index is 0.126. The Balaban J connectivity index is 1.93. The monoisotopic (exact) mass is 311 g/mol. The summed E-state index contributed by atoms with van der Waals surface area (Å²) in [6, 6.07) is 23.9. The van der Waals surface area contributed by atoms with E-state index in [9.17, 15) is 0 Å². The van der Waals surface area contributed by atoms with Gasteiger partial charge in [0.1, 0.15) is 0 Å². The highest BCUT2D eigenvalue weighted by Crippen LogP contribution is 2.31. The molecule has 0 spiro atoms. The molecule has 0 radical (unpaired) electrons. The first-order valence-electron chi connectivity index (χ1n) is 8.41. The van der Waals surface area contributed by atoms with Crippen LogP contribution in [-0.2, 0) is 5.41 Å². The number of benzene rings is 3. The number of nitrogens with zero attached hydrogens (tertiary/aromatic N) is 1. The van der Waals surface area contributed by atoms with Gasteiger partial charge in [0, 0.05) is 11.8 Å². The summed E-state index contributed by atoms with van der Waals surface area (Å²) in [5.41, 5.74) is 3.65. The molecule has 4 aromatic rings. The molecule has 24 heavy (non-hydrogen) atoms. The van der Waals surface area contributed by atoms with E-state index in [-0.39, 0.29) is 5.41 Å². The van der Waals surface area contributed by atoms with Crippen LogP contribution in [0.4, 0.5) is 0 Å². The molecule has 118 valence electrons. The van der Waals surface area contributed by atoms with Crippen LogP contribution in [0.3, 0.4) is 0 Å². The summed E-state index contributed by atoms with van der Waals surface area (Å²) in [7, 11) is 0. The highest BCUT2D eigenvalue weighted by Gasteiger charge is 2.14. The lowest BCUT2D eigenvalue weighted by Crippen LogP contribution is -2.11. The smallest absolute Gasteiger partial charge is 0.0705 e. The average Bonchev–Trinajstić information content (AvgIpc) is 2.60. The van der Waals surface area contributed by atoms with Crippen molar-refractivity contribution in [1.82, 2.24) is 4.98 Å². The fourth-order valence-electron chi connectivity index (χ4n) is 3.22. The number of aromatic nitrogens is 1. The third-order valence-electron chi connectivity index (χ3n) is 4.67. The van der Waals surface area contributed by atoms with Gasteiger partial charge >= 0.3 is 0 Å². The third-order valence-corrected chi connectivity index (χ3v) is 4.67. The second kappa shape index (κ2) is 5.45. The molecule has 1 heteroatoms. The van der Waals surface area contributed by atoms with E-state index >= 15 is 0 Å². The van der Waals surface area contributed by atoms with Crippen molar-refractivity contribution < 1.29 is 0 Å². The highest BCUT2D eigenvalue weighted by molar-refractivity contribution is 6.08. The Morgan fingerprint density at radius 1 is 0.708 bits per heavy atom. The Hall–Kier alpha value is -2.67. The Morgan fingerprint density at radius 2 is 1.42 bits per heavy atom. The standard InChI is InChI=1S/C23H21N/c1-23(2,3)19-12-13-24-22(15-19)18-11-10-17-9-8-16-6-4-5-7-20(16)21(17)14-18/h4-15H,1-3H3. The van der Waals surface area contributed by atoms with Gasteiger partial charge in [0.25, 0.3) is 0 Å². The minimum Gasteiger partial charge on any atom is -0.256 e. The van der Waals surface area contributed by atoms with Crippen molar-refractivity contribution in [2.75, 3.05) is 0 Å². The van der Waals surface area contributed by atoms with E-state index in [4.69, 9.17) is 0 Å². The van der Waals surface area contributed by atoms with Gasteiger partial charge in [-0.2, -0.15) is 0 Å². The number of rotatable bonds is 1. The minimum atomic E-state index is 0.126. The van der Waals surface area contributed by atoms with Crippen molar-refractivity contribution in [1.29, 1.82) is 0 Å². The SMILES string of the molecule is CC(C)(C)c1ccnc(-c2ccc3ccc4ccccc4c3c2)c1. The maximum atomic E-state index is 4.61. The topological polar surface area (TPSA) is 12.9 Å². The molecule has 0 aliphatic carbocycles. The summed E-state index contributed by atoms with van der Waals surface area (Å²) in [5.74, 6) is 0. The third kappa shape index (κ3) is 2.56. The second-order valence-electron chi connectivity index (χ2n) is 7.40. The summed E-state index contributed by atoms with van der Waals surface area (Å²) < 4.78 is 0. The molecule has 1 aromatic heterocycles. The Morgan fingerprint density at radius 3 is 2.21 bits per heavy atom. The molecule has 1 nitrogen and oxygen atoms in total. The van der Waals surface area contributed by atoms with Crippen LogP contribution in [0.25, 0.3) is 32.8 Å². The molecular weight excluding hydrogens is 290 g/mol. The van der Waals surface area contributed by atoms with Crippen molar-refractivity contribution in [2.24, 2.45) is 0 Å². The molecule has 0 amide bonds. The first-order valence-corrected chi connectivity index (χ1v) is 8.41. The molecule has 0 aliphatic rings. The van der Waals surface area contributed by atoms with Crippen LogP contribution < -0.4 is 0 Å². The normalized spacial score (nSPS) is 12.0. The Labute approximate surface area is 143 Å². The largest absolute Gasteiger partial charge is 0.256 e. The van der Waals surface area contributed by atoms with Crippen LogP contribution in [0, 0.1) is 0 Å². The average molecular weight is 311 g/mol. The van der Waals surface area contributed by atoms with Crippen molar-refractivity contribution in [3.8, 4) is 11.3 Å². The predicted molar refractivity (Wildman–Crippen MR) is 103 cm³/mol. The molecule has 0 N–H and O–H groups in total.